The van der Waals surface area contributed by atoms with Crippen LogP contribution in [0.5, 0.6) is 0 Å². The molecule has 0 aliphatic carbocycles. The monoisotopic (exact) mass is 775 g/mol. The maximum atomic E-state index is 7.86. The number of fused-ring (bicyclic) bond motifs is 7. The van der Waals surface area contributed by atoms with Crippen LogP contribution in [0.1, 0.15) is 0 Å². The number of nitrogens with zero attached hydrogens (tertiary/aromatic N) is 5. The Labute approximate surface area is 351 Å². The summed E-state index contributed by atoms with van der Waals surface area (Å²) in [7, 11) is 0. The average Bonchev–Trinajstić information content (AvgIpc) is 3.65. The Morgan fingerprint density at radius 1 is 0.344 bits per heavy atom. The summed E-state index contributed by atoms with van der Waals surface area (Å²) in [5.41, 5.74) is 8.92. The molecule has 2 heterocycles. The Kier molecular flexibility index (Phi) is 7.84. The molecule has 0 atom stereocenters. The first-order valence-corrected chi connectivity index (χ1v) is 20.4. The van der Waals surface area contributed by atoms with Gasteiger partial charge >= 0.3 is 0 Å². The van der Waals surface area contributed by atoms with Gasteiger partial charge in [-0.3, -0.25) is 0 Å². The molecule has 12 aromatic rings. The predicted molar refractivity (Wildman–Crippen MR) is 252 cm³/mol. The fraction of sp³-hybridized carbons (Fsp3) is 0. The second kappa shape index (κ2) is 13.8. The SMILES string of the molecule is [C-]#[N+]c1ccc2c(c1)c1cc(-c3ccc(-c4nc(-c5cccc6ccccc56)nc(-c5cccc6ccccc56)n4)c4ccccc34)ccc1n2-c1cccc2ccccc12. The van der Waals surface area contributed by atoms with Gasteiger partial charge in [-0.05, 0) is 90.6 Å². The molecule has 0 bridgehead atoms. The van der Waals surface area contributed by atoms with Crippen molar-refractivity contribution in [2.75, 3.05) is 0 Å². The first-order chi connectivity index (χ1) is 30.2. The molecule has 0 fully saturated rings. The van der Waals surface area contributed by atoms with Gasteiger partial charge in [0.05, 0.1) is 23.3 Å². The molecule has 61 heavy (non-hydrogen) atoms. The molecule has 5 heteroatoms. The molecule has 2 aromatic heterocycles. The third-order valence-electron chi connectivity index (χ3n) is 12.1. The Morgan fingerprint density at radius 3 is 1.39 bits per heavy atom. The van der Waals surface area contributed by atoms with E-state index in [2.05, 4.69) is 197 Å². The van der Waals surface area contributed by atoms with Crippen molar-refractivity contribution in [3.05, 3.63) is 212 Å². The molecule has 0 aliphatic heterocycles. The molecule has 0 amide bonds. The van der Waals surface area contributed by atoms with Crippen LogP contribution in [-0.2, 0) is 0 Å². The highest BCUT2D eigenvalue weighted by molar-refractivity contribution is 6.14. The van der Waals surface area contributed by atoms with Crippen LogP contribution in [0.25, 0.3) is 121 Å². The van der Waals surface area contributed by atoms with Crippen LogP contribution in [0.15, 0.2) is 200 Å². The molecule has 0 radical (unpaired) electrons. The molecular weight excluding hydrogens is 743 g/mol. The molecule has 0 unspecified atom stereocenters. The van der Waals surface area contributed by atoms with Gasteiger partial charge < -0.3 is 4.57 Å². The number of hydrogen-bond donors (Lipinski definition) is 0. The topological polar surface area (TPSA) is 48.0 Å². The van der Waals surface area contributed by atoms with E-state index in [1.54, 1.807) is 0 Å². The molecule has 0 saturated carbocycles. The van der Waals surface area contributed by atoms with E-state index < -0.39 is 0 Å². The van der Waals surface area contributed by atoms with Gasteiger partial charge in [-0.25, -0.2) is 19.8 Å². The zero-order valence-corrected chi connectivity index (χ0v) is 32.8. The fourth-order valence-electron chi connectivity index (χ4n) is 9.24. The quantitative estimate of drug-likeness (QED) is 0.164. The van der Waals surface area contributed by atoms with Crippen LogP contribution in [-0.4, -0.2) is 19.5 Å². The van der Waals surface area contributed by atoms with E-state index in [1.807, 2.05) is 12.1 Å². The van der Waals surface area contributed by atoms with E-state index in [1.165, 1.54) is 10.8 Å². The van der Waals surface area contributed by atoms with E-state index >= 15 is 0 Å². The van der Waals surface area contributed by atoms with Gasteiger partial charge in [0.2, 0.25) is 0 Å². The molecule has 0 N–H and O–H groups in total. The minimum absolute atomic E-state index is 0.615. The molecule has 0 spiro atoms. The van der Waals surface area contributed by atoms with Gasteiger partial charge in [-0.1, -0.05) is 164 Å². The van der Waals surface area contributed by atoms with Crippen LogP contribution in [0.4, 0.5) is 5.69 Å². The molecule has 0 saturated heterocycles. The second-order valence-electron chi connectivity index (χ2n) is 15.4. The van der Waals surface area contributed by atoms with Crippen LogP contribution in [0, 0.1) is 6.57 Å². The summed E-state index contributed by atoms with van der Waals surface area (Å²) in [5.74, 6) is 1.87. The normalized spacial score (nSPS) is 11.6. The van der Waals surface area contributed by atoms with Crippen LogP contribution in [0.3, 0.4) is 0 Å². The summed E-state index contributed by atoms with van der Waals surface area (Å²) in [6, 6.07) is 70.0. The van der Waals surface area contributed by atoms with Crippen molar-refractivity contribution in [2.45, 2.75) is 0 Å². The smallest absolute Gasteiger partial charge is 0.188 e. The van der Waals surface area contributed by atoms with E-state index in [4.69, 9.17) is 21.5 Å². The summed E-state index contributed by atoms with van der Waals surface area (Å²) < 4.78 is 2.34. The number of rotatable bonds is 5. The Morgan fingerprint density at radius 2 is 0.787 bits per heavy atom. The van der Waals surface area contributed by atoms with Crippen molar-refractivity contribution in [2.24, 2.45) is 0 Å². The minimum Gasteiger partial charge on any atom is -0.309 e. The molecule has 0 aliphatic rings. The lowest BCUT2D eigenvalue weighted by molar-refractivity contribution is 1.08. The van der Waals surface area contributed by atoms with Crippen molar-refractivity contribution >= 4 is 70.6 Å². The third-order valence-corrected chi connectivity index (χ3v) is 12.1. The highest BCUT2D eigenvalue weighted by Crippen LogP contribution is 2.41. The number of aromatic nitrogens is 4. The summed E-state index contributed by atoms with van der Waals surface area (Å²) in [4.78, 5) is 19.6. The van der Waals surface area contributed by atoms with E-state index in [9.17, 15) is 0 Å². The minimum atomic E-state index is 0.615. The maximum Gasteiger partial charge on any atom is 0.188 e. The van der Waals surface area contributed by atoms with Crippen molar-refractivity contribution in [3.8, 4) is 51.0 Å². The second-order valence-corrected chi connectivity index (χ2v) is 15.4. The van der Waals surface area contributed by atoms with Gasteiger partial charge in [-0.2, -0.15) is 0 Å². The first-order valence-electron chi connectivity index (χ1n) is 20.4. The Balaban J connectivity index is 1.07. The number of hydrogen-bond acceptors (Lipinski definition) is 3. The average molecular weight is 776 g/mol. The van der Waals surface area contributed by atoms with Crippen molar-refractivity contribution in [1.29, 1.82) is 0 Å². The van der Waals surface area contributed by atoms with Crippen molar-refractivity contribution in [1.82, 2.24) is 19.5 Å². The highest BCUT2D eigenvalue weighted by Gasteiger charge is 2.20. The molecule has 282 valence electrons. The Hall–Kier alpha value is -8.46. The lowest BCUT2D eigenvalue weighted by Gasteiger charge is -2.15. The third kappa shape index (κ3) is 5.58. The summed E-state index contributed by atoms with van der Waals surface area (Å²) in [5, 5.41) is 11.1. The van der Waals surface area contributed by atoms with E-state index in [-0.39, 0.29) is 0 Å². The first kappa shape index (κ1) is 34.6. The number of benzene rings is 10. The lowest BCUT2D eigenvalue weighted by atomic mass is 9.93. The van der Waals surface area contributed by atoms with Gasteiger partial charge in [-0.15, -0.1) is 0 Å². The Bertz CT molecular complexity index is 3680. The molecule has 5 nitrogen and oxygen atoms in total. The fourth-order valence-corrected chi connectivity index (χ4v) is 9.24. The standard InChI is InChI=1S/C56H33N5/c1-57-39-28-32-53-50(34-39)49-33-38(27-31-52(49)61(53)51-26-12-18-37-15-4-7-21-43(37)51)42-29-30-48(45-23-9-8-22-44(42)45)56-59-54(46-24-10-16-35-13-2-5-19-40(35)46)58-55(60-56)47-25-11-17-36-14-3-6-20-41(36)47/h2-34H. The maximum absolute atomic E-state index is 7.86. The van der Waals surface area contributed by atoms with Crippen LogP contribution in [0.2, 0.25) is 0 Å². The van der Waals surface area contributed by atoms with Gasteiger partial charge in [0, 0.05) is 27.5 Å². The molecular formula is C56H33N5. The highest BCUT2D eigenvalue weighted by atomic mass is 15.0. The lowest BCUT2D eigenvalue weighted by Crippen LogP contribution is -2.01. The molecule has 10 aromatic carbocycles. The zero-order chi connectivity index (χ0) is 40.4. The van der Waals surface area contributed by atoms with Gasteiger partial charge in [0.1, 0.15) is 0 Å². The van der Waals surface area contributed by atoms with Crippen LogP contribution >= 0.6 is 0 Å². The van der Waals surface area contributed by atoms with Gasteiger partial charge in [0.15, 0.2) is 23.2 Å². The largest absolute Gasteiger partial charge is 0.309 e. The van der Waals surface area contributed by atoms with Crippen LogP contribution < -0.4 is 0 Å². The molecule has 12 rings (SSSR count). The summed E-state index contributed by atoms with van der Waals surface area (Å²) in [6.45, 7) is 7.86. The van der Waals surface area contributed by atoms with Crippen molar-refractivity contribution < 1.29 is 0 Å². The van der Waals surface area contributed by atoms with E-state index in [0.717, 1.165) is 87.6 Å². The van der Waals surface area contributed by atoms with Crippen molar-refractivity contribution in [3.63, 3.8) is 0 Å². The zero-order valence-electron chi connectivity index (χ0n) is 32.8. The van der Waals surface area contributed by atoms with E-state index in [0.29, 0.717) is 23.2 Å². The predicted octanol–water partition coefficient (Wildman–Crippen LogP) is 14.8. The summed E-state index contributed by atoms with van der Waals surface area (Å²) >= 11 is 0. The summed E-state index contributed by atoms with van der Waals surface area (Å²) in [6.07, 6.45) is 0. The van der Waals surface area contributed by atoms with Gasteiger partial charge in [0.25, 0.3) is 0 Å².